The Bertz CT molecular complexity index is 1180. The lowest BCUT2D eigenvalue weighted by atomic mass is 10.1. The van der Waals surface area contributed by atoms with Gasteiger partial charge in [-0.3, -0.25) is 9.59 Å². The summed E-state index contributed by atoms with van der Waals surface area (Å²) < 4.78 is 32.4. The second-order valence-electron chi connectivity index (χ2n) is 8.35. The molecule has 1 fully saturated rings. The summed E-state index contributed by atoms with van der Waals surface area (Å²) in [6, 6.07) is 15.5. The summed E-state index contributed by atoms with van der Waals surface area (Å²) in [5, 5.41) is 8.54. The van der Waals surface area contributed by atoms with Crippen molar-refractivity contribution in [2.24, 2.45) is 0 Å². The van der Waals surface area contributed by atoms with Crippen LogP contribution in [0, 0.1) is 11.6 Å². The smallest absolute Gasteiger partial charge is 0.257 e. The fraction of sp³-hybridized carbons (Fsp3) is 0.308. The molecule has 0 spiro atoms. The molecule has 10 heteroatoms. The Balaban J connectivity index is 1.35. The molecule has 1 saturated heterocycles. The minimum atomic E-state index is -0.627. The second kappa shape index (κ2) is 11.7. The van der Waals surface area contributed by atoms with Crippen molar-refractivity contribution >= 4 is 17.6 Å². The maximum atomic E-state index is 14.2. The van der Waals surface area contributed by atoms with Crippen molar-refractivity contribution in [1.82, 2.24) is 20.0 Å². The monoisotopic (exact) mass is 495 g/mol. The topological polar surface area (TPSA) is 78.9 Å². The van der Waals surface area contributed by atoms with Gasteiger partial charge < -0.3 is 19.4 Å². The summed E-state index contributed by atoms with van der Waals surface area (Å²) in [6.07, 6.45) is 0. The molecule has 2 heterocycles. The molecule has 36 heavy (non-hydrogen) atoms. The van der Waals surface area contributed by atoms with Crippen LogP contribution in [0.15, 0.2) is 60.7 Å². The second-order valence-corrected chi connectivity index (χ2v) is 8.35. The van der Waals surface area contributed by atoms with E-state index in [4.69, 9.17) is 4.74 Å². The van der Waals surface area contributed by atoms with Gasteiger partial charge >= 0.3 is 0 Å². The first-order valence-electron chi connectivity index (χ1n) is 11.6. The van der Waals surface area contributed by atoms with Gasteiger partial charge in [-0.15, -0.1) is 10.2 Å². The third-order valence-electron chi connectivity index (χ3n) is 6.03. The number of ether oxygens (including phenoxy) is 1. The maximum Gasteiger partial charge on any atom is 0.257 e. The van der Waals surface area contributed by atoms with Crippen LogP contribution in [-0.2, 0) is 9.53 Å². The van der Waals surface area contributed by atoms with Crippen molar-refractivity contribution in [2.45, 2.75) is 0 Å². The molecule has 0 saturated carbocycles. The fourth-order valence-corrected chi connectivity index (χ4v) is 3.98. The molecule has 0 bridgehead atoms. The molecule has 4 rings (SSSR count). The minimum Gasteiger partial charge on any atom is -0.383 e. The van der Waals surface area contributed by atoms with E-state index in [1.807, 2.05) is 17.0 Å². The van der Waals surface area contributed by atoms with Crippen LogP contribution in [0.4, 0.5) is 14.6 Å². The zero-order valence-electron chi connectivity index (χ0n) is 19.9. The van der Waals surface area contributed by atoms with Gasteiger partial charge in [-0.25, -0.2) is 8.78 Å². The van der Waals surface area contributed by atoms with Crippen LogP contribution in [-0.4, -0.2) is 84.8 Å². The number of amides is 2. The Morgan fingerprint density at radius 1 is 0.944 bits per heavy atom. The summed E-state index contributed by atoms with van der Waals surface area (Å²) in [4.78, 5) is 30.9. The average Bonchev–Trinajstić information content (AvgIpc) is 2.91. The Morgan fingerprint density at radius 2 is 1.67 bits per heavy atom. The fourth-order valence-electron chi connectivity index (χ4n) is 3.98. The number of benzene rings is 2. The lowest BCUT2D eigenvalue weighted by molar-refractivity contribution is -0.132. The molecular formula is C26H27F2N5O3. The molecular weight excluding hydrogens is 468 g/mol. The number of piperazine rings is 1. The van der Waals surface area contributed by atoms with E-state index >= 15 is 0 Å². The summed E-state index contributed by atoms with van der Waals surface area (Å²) in [7, 11) is 1.50. The number of nitrogens with zero attached hydrogens (tertiary/aromatic N) is 5. The summed E-state index contributed by atoms with van der Waals surface area (Å²) in [6.45, 7) is 2.24. The lowest BCUT2D eigenvalue weighted by Gasteiger charge is -2.36. The van der Waals surface area contributed by atoms with Gasteiger partial charge in [0.15, 0.2) is 5.82 Å². The number of halogens is 2. The molecule has 0 N–H and O–H groups in total. The van der Waals surface area contributed by atoms with Crippen LogP contribution in [0.2, 0.25) is 0 Å². The molecule has 0 aliphatic carbocycles. The van der Waals surface area contributed by atoms with Gasteiger partial charge in [0, 0.05) is 45.4 Å². The zero-order valence-corrected chi connectivity index (χ0v) is 19.9. The Morgan fingerprint density at radius 3 is 2.31 bits per heavy atom. The number of aromatic nitrogens is 2. The normalized spacial score (nSPS) is 13.5. The van der Waals surface area contributed by atoms with E-state index in [1.54, 1.807) is 23.1 Å². The van der Waals surface area contributed by atoms with E-state index in [-0.39, 0.29) is 37.0 Å². The summed E-state index contributed by atoms with van der Waals surface area (Å²) >= 11 is 0. The molecule has 0 atom stereocenters. The van der Waals surface area contributed by atoms with Crippen LogP contribution < -0.4 is 4.90 Å². The standard InChI is InChI=1S/C26H27F2N5O3/c1-36-17-16-33(26(35)21-4-2-3-5-22(21)28)18-25(34)32-14-12-31(13-15-32)24-11-10-23(29-30-24)19-6-8-20(27)9-7-19/h2-11H,12-18H2,1H3. The van der Waals surface area contributed by atoms with Gasteiger partial charge in [0.1, 0.15) is 18.2 Å². The first kappa shape index (κ1) is 25.2. The van der Waals surface area contributed by atoms with Crippen molar-refractivity contribution in [3.05, 3.63) is 77.9 Å². The highest BCUT2D eigenvalue weighted by Gasteiger charge is 2.26. The van der Waals surface area contributed by atoms with Crippen molar-refractivity contribution in [1.29, 1.82) is 0 Å². The van der Waals surface area contributed by atoms with Crippen molar-refractivity contribution < 1.29 is 23.1 Å². The highest BCUT2D eigenvalue weighted by atomic mass is 19.1. The SMILES string of the molecule is COCCN(CC(=O)N1CCN(c2ccc(-c3ccc(F)cc3)nn2)CC1)C(=O)c1ccccc1F. The molecule has 1 aromatic heterocycles. The van der Waals surface area contributed by atoms with Crippen molar-refractivity contribution in [3.8, 4) is 11.3 Å². The Kier molecular flexibility index (Phi) is 8.17. The van der Waals surface area contributed by atoms with Crippen LogP contribution >= 0.6 is 0 Å². The first-order valence-corrected chi connectivity index (χ1v) is 11.6. The zero-order chi connectivity index (χ0) is 25.5. The molecule has 3 aromatic rings. The third-order valence-corrected chi connectivity index (χ3v) is 6.03. The van der Waals surface area contributed by atoms with Gasteiger partial charge in [-0.1, -0.05) is 12.1 Å². The van der Waals surface area contributed by atoms with Gasteiger partial charge in [-0.2, -0.15) is 0 Å². The van der Waals surface area contributed by atoms with Crippen LogP contribution in [0.5, 0.6) is 0 Å². The summed E-state index contributed by atoms with van der Waals surface area (Å²) in [5.74, 6) is -1.02. The number of rotatable bonds is 8. The van der Waals surface area contributed by atoms with E-state index < -0.39 is 11.7 Å². The molecule has 0 radical (unpaired) electrons. The molecule has 8 nitrogen and oxygen atoms in total. The van der Waals surface area contributed by atoms with Crippen LogP contribution in [0.1, 0.15) is 10.4 Å². The number of hydrogen-bond donors (Lipinski definition) is 0. The number of carbonyl (C=O) groups excluding carboxylic acids is 2. The minimum absolute atomic E-state index is 0.0751. The third kappa shape index (κ3) is 6.01. The van der Waals surface area contributed by atoms with Crippen molar-refractivity contribution in [2.75, 3.05) is 57.9 Å². The van der Waals surface area contributed by atoms with E-state index in [1.165, 1.54) is 42.3 Å². The van der Waals surface area contributed by atoms with E-state index in [0.29, 0.717) is 37.7 Å². The van der Waals surface area contributed by atoms with Crippen LogP contribution in [0.3, 0.4) is 0 Å². The van der Waals surface area contributed by atoms with Crippen LogP contribution in [0.25, 0.3) is 11.3 Å². The molecule has 188 valence electrons. The quantitative estimate of drug-likeness (QED) is 0.478. The molecule has 1 aliphatic rings. The Hall–Kier alpha value is -3.92. The molecule has 1 aliphatic heterocycles. The highest BCUT2D eigenvalue weighted by molar-refractivity contribution is 5.96. The predicted molar refractivity (Wildman–Crippen MR) is 130 cm³/mol. The number of anilines is 1. The Labute approximate surface area is 208 Å². The lowest BCUT2D eigenvalue weighted by Crippen LogP contribution is -2.52. The first-order chi connectivity index (χ1) is 17.5. The average molecular weight is 496 g/mol. The predicted octanol–water partition coefficient (Wildman–Crippen LogP) is 2.86. The highest BCUT2D eigenvalue weighted by Crippen LogP contribution is 2.20. The largest absolute Gasteiger partial charge is 0.383 e. The molecule has 0 unspecified atom stereocenters. The van der Waals surface area contributed by atoms with E-state index in [2.05, 4.69) is 10.2 Å². The summed E-state index contributed by atoms with van der Waals surface area (Å²) in [5.41, 5.74) is 1.34. The van der Waals surface area contributed by atoms with Gasteiger partial charge in [0.05, 0.1) is 17.9 Å². The number of methoxy groups -OCH3 is 1. The molecule has 2 aromatic carbocycles. The number of carbonyl (C=O) groups is 2. The van der Waals surface area contributed by atoms with Gasteiger partial charge in [0.2, 0.25) is 5.91 Å². The van der Waals surface area contributed by atoms with E-state index in [0.717, 1.165) is 5.56 Å². The van der Waals surface area contributed by atoms with Gasteiger partial charge in [0.25, 0.3) is 5.91 Å². The number of hydrogen-bond acceptors (Lipinski definition) is 6. The van der Waals surface area contributed by atoms with Crippen molar-refractivity contribution in [3.63, 3.8) is 0 Å². The maximum absolute atomic E-state index is 14.2. The van der Waals surface area contributed by atoms with E-state index in [9.17, 15) is 18.4 Å². The van der Waals surface area contributed by atoms with Gasteiger partial charge in [-0.05, 0) is 48.5 Å². The molecule has 2 amide bonds.